The van der Waals surface area contributed by atoms with Crippen molar-refractivity contribution in [2.75, 3.05) is 6.54 Å². The van der Waals surface area contributed by atoms with Gasteiger partial charge in [-0.3, -0.25) is 19.3 Å². The van der Waals surface area contributed by atoms with Gasteiger partial charge in [-0.2, -0.15) is 0 Å². The first-order valence-electron chi connectivity index (χ1n) is 5.87. The number of carboxylic acid groups (broad SMARTS) is 1. The molecule has 1 saturated carbocycles. The molecule has 0 bridgehead atoms. The van der Waals surface area contributed by atoms with Crippen LogP contribution in [0.5, 0.6) is 0 Å². The van der Waals surface area contributed by atoms with Crippen molar-refractivity contribution in [3.63, 3.8) is 0 Å². The average Bonchev–Trinajstić information content (AvgIpc) is 2.31. The lowest BCUT2D eigenvalue weighted by Crippen LogP contribution is -2.50. The van der Waals surface area contributed by atoms with Crippen LogP contribution < -0.4 is 0 Å². The van der Waals surface area contributed by atoms with Crippen LogP contribution in [0.3, 0.4) is 0 Å². The highest BCUT2D eigenvalue weighted by molar-refractivity contribution is 6.05. The number of hydrogen-bond donors (Lipinski definition) is 1. The highest BCUT2D eigenvalue weighted by atomic mass is 16.4. The van der Waals surface area contributed by atoms with Crippen molar-refractivity contribution in [1.29, 1.82) is 0 Å². The number of carbonyl (C=O) groups is 3. The Bertz CT molecular complexity index is 395. The molecule has 0 atom stereocenters. The van der Waals surface area contributed by atoms with Gasteiger partial charge in [0.1, 0.15) is 0 Å². The van der Waals surface area contributed by atoms with Gasteiger partial charge in [0.25, 0.3) is 0 Å². The molecule has 0 spiro atoms. The molecule has 1 aliphatic heterocycles. The number of amides is 2. The monoisotopic (exact) mass is 239 g/mol. The SMILES string of the molecule is CC1(C)CC(=O)N(CC2(C(=O)O)CCC2)C1=O. The lowest BCUT2D eigenvalue weighted by atomic mass is 9.68. The van der Waals surface area contributed by atoms with Crippen LogP contribution in [0.2, 0.25) is 0 Å². The average molecular weight is 239 g/mol. The van der Waals surface area contributed by atoms with E-state index in [1.807, 2.05) is 0 Å². The van der Waals surface area contributed by atoms with E-state index in [4.69, 9.17) is 0 Å². The van der Waals surface area contributed by atoms with E-state index in [0.29, 0.717) is 12.8 Å². The van der Waals surface area contributed by atoms with Crippen molar-refractivity contribution in [1.82, 2.24) is 4.90 Å². The molecular weight excluding hydrogens is 222 g/mol. The maximum absolute atomic E-state index is 12.0. The number of likely N-dealkylation sites (tertiary alicyclic amines) is 1. The van der Waals surface area contributed by atoms with Gasteiger partial charge in [0.2, 0.25) is 11.8 Å². The molecule has 17 heavy (non-hydrogen) atoms. The number of aliphatic carboxylic acids is 1. The van der Waals surface area contributed by atoms with Crippen molar-refractivity contribution in [3.8, 4) is 0 Å². The van der Waals surface area contributed by atoms with Crippen LogP contribution in [0, 0.1) is 10.8 Å². The van der Waals surface area contributed by atoms with Crippen LogP contribution in [-0.4, -0.2) is 34.3 Å². The van der Waals surface area contributed by atoms with Crippen LogP contribution in [0.1, 0.15) is 39.5 Å². The fraction of sp³-hybridized carbons (Fsp3) is 0.750. The van der Waals surface area contributed by atoms with Crippen molar-refractivity contribution >= 4 is 17.8 Å². The Morgan fingerprint density at radius 3 is 2.24 bits per heavy atom. The molecule has 5 heteroatoms. The van der Waals surface area contributed by atoms with Crippen LogP contribution in [0.4, 0.5) is 0 Å². The van der Waals surface area contributed by atoms with E-state index < -0.39 is 16.8 Å². The van der Waals surface area contributed by atoms with Crippen LogP contribution in [0.15, 0.2) is 0 Å². The van der Waals surface area contributed by atoms with Crippen molar-refractivity contribution in [2.45, 2.75) is 39.5 Å². The van der Waals surface area contributed by atoms with Gasteiger partial charge in [0.15, 0.2) is 0 Å². The number of carbonyl (C=O) groups excluding carboxylic acids is 2. The number of hydrogen-bond acceptors (Lipinski definition) is 3. The normalized spacial score (nSPS) is 25.9. The summed E-state index contributed by atoms with van der Waals surface area (Å²) < 4.78 is 0. The van der Waals surface area contributed by atoms with Gasteiger partial charge in [-0.05, 0) is 12.8 Å². The van der Waals surface area contributed by atoms with Crippen LogP contribution >= 0.6 is 0 Å². The summed E-state index contributed by atoms with van der Waals surface area (Å²) in [5.74, 6) is -1.38. The van der Waals surface area contributed by atoms with Crippen molar-refractivity contribution in [2.24, 2.45) is 10.8 Å². The second kappa shape index (κ2) is 3.55. The zero-order valence-corrected chi connectivity index (χ0v) is 10.2. The van der Waals surface area contributed by atoms with E-state index in [-0.39, 0.29) is 24.8 Å². The maximum Gasteiger partial charge on any atom is 0.311 e. The molecule has 1 heterocycles. The second-order valence-corrected chi connectivity index (χ2v) is 5.78. The molecule has 0 aromatic carbocycles. The summed E-state index contributed by atoms with van der Waals surface area (Å²) in [6.45, 7) is 3.49. The van der Waals surface area contributed by atoms with Crippen LogP contribution in [-0.2, 0) is 14.4 Å². The number of nitrogens with zero attached hydrogens (tertiary/aromatic N) is 1. The maximum atomic E-state index is 12.0. The Balaban J connectivity index is 2.17. The summed E-state index contributed by atoms with van der Waals surface area (Å²) in [6, 6.07) is 0. The molecule has 2 aliphatic rings. The molecule has 2 rings (SSSR count). The topological polar surface area (TPSA) is 74.7 Å². The van der Waals surface area contributed by atoms with Crippen molar-refractivity contribution < 1.29 is 19.5 Å². The molecule has 2 fully saturated rings. The Kier molecular flexibility index (Phi) is 2.52. The van der Waals surface area contributed by atoms with E-state index in [1.54, 1.807) is 13.8 Å². The third-order valence-electron chi connectivity index (χ3n) is 3.94. The molecule has 0 aromatic heterocycles. The third kappa shape index (κ3) is 1.73. The predicted octanol–water partition coefficient (Wildman–Crippen LogP) is 1.03. The lowest BCUT2D eigenvalue weighted by Gasteiger charge is -2.39. The van der Waals surface area contributed by atoms with Gasteiger partial charge >= 0.3 is 5.97 Å². The largest absolute Gasteiger partial charge is 0.481 e. The van der Waals surface area contributed by atoms with Gasteiger partial charge in [-0.25, -0.2) is 0 Å². The smallest absolute Gasteiger partial charge is 0.311 e. The summed E-state index contributed by atoms with van der Waals surface area (Å²) >= 11 is 0. The second-order valence-electron chi connectivity index (χ2n) is 5.78. The van der Waals surface area contributed by atoms with Gasteiger partial charge in [-0.15, -0.1) is 0 Å². The first-order chi connectivity index (χ1) is 7.78. The Morgan fingerprint density at radius 1 is 1.35 bits per heavy atom. The molecule has 1 aliphatic carbocycles. The molecule has 1 saturated heterocycles. The minimum Gasteiger partial charge on any atom is -0.481 e. The summed E-state index contributed by atoms with van der Waals surface area (Å²) in [4.78, 5) is 36.1. The molecule has 2 amide bonds. The Labute approximate surface area is 99.8 Å². The highest BCUT2D eigenvalue weighted by Gasteiger charge is 2.52. The third-order valence-corrected chi connectivity index (χ3v) is 3.94. The highest BCUT2D eigenvalue weighted by Crippen LogP contribution is 2.44. The van der Waals surface area contributed by atoms with Gasteiger partial charge in [0.05, 0.1) is 10.8 Å². The summed E-state index contributed by atoms with van der Waals surface area (Å²) in [6.07, 6.45) is 2.15. The summed E-state index contributed by atoms with van der Waals surface area (Å²) in [5.41, 5.74) is -1.56. The summed E-state index contributed by atoms with van der Waals surface area (Å²) in [5, 5.41) is 9.20. The van der Waals surface area contributed by atoms with Gasteiger partial charge in [-0.1, -0.05) is 20.3 Å². The number of imide groups is 1. The minimum absolute atomic E-state index is 0.0451. The zero-order chi connectivity index (χ0) is 12.8. The van der Waals surface area contributed by atoms with Gasteiger partial charge in [0, 0.05) is 13.0 Å². The number of rotatable bonds is 3. The first kappa shape index (κ1) is 12.1. The van der Waals surface area contributed by atoms with Gasteiger partial charge < -0.3 is 5.11 Å². The van der Waals surface area contributed by atoms with E-state index in [9.17, 15) is 19.5 Å². The predicted molar refractivity (Wildman–Crippen MR) is 59.0 cm³/mol. The Morgan fingerprint density at radius 2 is 1.94 bits per heavy atom. The summed E-state index contributed by atoms with van der Waals surface area (Å²) in [7, 11) is 0. The molecule has 1 N–H and O–H groups in total. The van der Waals surface area contributed by atoms with Crippen molar-refractivity contribution in [3.05, 3.63) is 0 Å². The molecule has 0 unspecified atom stereocenters. The zero-order valence-electron chi connectivity index (χ0n) is 10.2. The Hall–Kier alpha value is -1.39. The molecule has 0 aromatic rings. The van der Waals surface area contributed by atoms with E-state index in [1.165, 1.54) is 0 Å². The van der Waals surface area contributed by atoms with E-state index in [0.717, 1.165) is 11.3 Å². The van der Waals surface area contributed by atoms with Crippen LogP contribution in [0.25, 0.3) is 0 Å². The fourth-order valence-electron chi connectivity index (χ4n) is 2.53. The molecule has 5 nitrogen and oxygen atoms in total. The minimum atomic E-state index is -0.894. The lowest BCUT2D eigenvalue weighted by molar-refractivity contribution is -0.159. The van der Waals surface area contributed by atoms with E-state index in [2.05, 4.69) is 0 Å². The molecule has 94 valence electrons. The standard InChI is InChI=1S/C12H17NO4/c1-11(2)6-8(14)13(9(11)15)7-12(10(16)17)4-3-5-12/h3-7H2,1-2H3,(H,16,17). The first-order valence-corrected chi connectivity index (χ1v) is 5.87. The quantitative estimate of drug-likeness (QED) is 0.746. The molecular formula is C12H17NO4. The molecule has 0 radical (unpaired) electrons. The van der Waals surface area contributed by atoms with E-state index >= 15 is 0 Å². The number of carboxylic acids is 1. The fourth-order valence-corrected chi connectivity index (χ4v) is 2.53.